The first-order valence-corrected chi connectivity index (χ1v) is 5.34. The molecule has 0 aromatic heterocycles. The SMILES string of the molecule is CN1CCC(Oc2ccc(C(=O)O)cc2)C1. The van der Waals surface area contributed by atoms with E-state index in [0.717, 1.165) is 25.3 Å². The monoisotopic (exact) mass is 221 g/mol. The Kier molecular flexibility index (Phi) is 3.10. The number of hydrogen-bond acceptors (Lipinski definition) is 3. The summed E-state index contributed by atoms with van der Waals surface area (Å²) < 4.78 is 5.75. The fraction of sp³-hybridized carbons (Fsp3) is 0.417. The molecule has 4 nitrogen and oxygen atoms in total. The lowest BCUT2D eigenvalue weighted by molar-refractivity contribution is 0.0697. The Labute approximate surface area is 94.4 Å². The standard InChI is InChI=1S/C12H15NO3/c1-13-7-6-11(8-13)16-10-4-2-9(3-5-10)12(14)15/h2-5,11H,6-8H2,1H3,(H,14,15). The van der Waals surface area contributed by atoms with Gasteiger partial charge in [-0.05, 0) is 37.7 Å². The molecule has 0 aliphatic carbocycles. The molecule has 16 heavy (non-hydrogen) atoms. The second-order valence-electron chi connectivity index (χ2n) is 4.12. The van der Waals surface area contributed by atoms with Gasteiger partial charge in [0.15, 0.2) is 0 Å². The fourth-order valence-corrected chi connectivity index (χ4v) is 1.86. The van der Waals surface area contributed by atoms with Crippen molar-refractivity contribution >= 4 is 5.97 Å². The Hall–Kier alpha value is -1.55. The number of carboxylic acids is 1. The van der Waals surface area contributed by atoms with E-state index in [2.05, 4.69) is 11.9 Å². The minimum atomic E-state index is -0.910. The van der Waals surface area contributed by atoms with Crippen LogP contribution in [-0.2, 0) is 0 Å². The third-order valence-corrected chi connectivity index (χ3v) is 2.75. The predicted octanol–water partition coefficient (Wildman–Crippen LogP) is 1.47. The van der Waals surface area contributed by atoms with Crippen molar-refractivity contribution in [1.82, 2.24) is 4.90 Å². The van der Waals surface area contributed by atoms with Crippen LogP contribution in [0.2, 0.25) is 0 Å². The van der Waals surface area contributed by atoms with E-state index in [1.165, 1.54) is 0 Å². The van der Waals surface area contributed by atoms with Gasteiger partial charge in [-0.15, -0.1) is 0 Å². The average Bonchev–Trinajstić information content (AvgIpc) is 2.65. The van der Waals surface area contributed by atoms with Crippen LogP contribution in [0.5, 0.6) is 5.75 Å². The number of aromatic carboxylic acids is 1. The molecule has 4 heteroatoms. The van der Waals surface area contributed by atoms with Crippen molar-refractivity contribution in [2.24, 2.45) is 0 Å². The number of carbonyl (C=O) groups is 1. The number of likely N-dealkylation sites (N-methyl/N-ethyl adjacent to an activating group) is 1. The lowest BCUT2D eigenvalue weighted by Crippen LogP contribution is -2.21. The maximum atomic E-state index is 10.7. The van der Waals surface area contributed by atoms with Gasteiger partial charge in [0, 0.05) is 13.1 Å². The van der Waals surface area contributed by atoms with Crippen LogP contribution in [0.25, 0.3) is 0 Å². The van der Waals surface area contributed by atoms with E-state index in [4.69, 9.17) is 9.84 Å². The summed E-state index contributed by atoms with van der Waals surface area (Å²) >= 11 is 0. The second kappa shape index (κ2) is 4.53. The van der Waals surface area contributed by atoms with Gasteiger partial charge in [-0.2, -0.15) is 0 Å². The van der Waals surface area contributed by atoms with E-state index in [9.17, 15) is 4.79 Å². The van der Waals surface area contributed by atoms with Gasteiger partial charge in [0.05, 0.1) is 5.56 Å². The van der Waals surface area contributed by atoms with Gasteiger partial charge in [0.2, 0.25) is 0 Å². The first-order chi connectivity index (χ1) is 7.65. The van der Waals surface area contributed by atoms with E-state index < -0.39 is 5.97 Å². The summed E-state index contributed by atoms with van der Waals surface area (Å²) in [6, 6.07) is 6.55. The normalized spacial score (nSPS) is 20.9. The molecule has 1 atom stereocenters. The quantitative estimate of drug-likeness (QED) is 0.839. The van der Waals surface area contributed by atoms with Crippen LogP contribution in [0.3, 0.4) is 0 Å². The molecule has 0 bridgehead atoms. The zero-order chi connectivity index (χ0) is 11.5. The van der Waals surface area contributed by atoms with Crippen LogP contribution in [0.1, 0.15) is 16.8 Å². The van der Waals surface area contributed by atoms with Crippen molar-refractivity contribution in [2.75, 3.05) is 20.1 Å². The first-order valence-electron chi connectivity index (χ1n) is 5.34. The van der Waals surface area contributed by atoms with Crippen molar-refractivity contribution in [3.8, 4) is 5.75 Å². The topological polar surface area (TPSA) is 49.8 Å². The molecule has 86 valence electrons. The summed E-state index contributed by atoms with van der Waals surface area (Å²) in [7, 11) is 2.07. The molecule has 1 aliphatic rings. The highest BCUT2D eigenvalue weighted by atomic mass is 16.5. The highest BCUT2D eigenvalue weighted by molar-refractivity contribution is 5.87. The maximum Gasteiger partial charge on any atom is 0.335 e. The Morgan fingerprint density at radius 2 is 2.12 bits per heavy atom. The van der Waals surface area contributed by atoms with E-state index in [1.807, 2.05) is 0 Å². The highest BCUT2D eigenvalue weighted by Crippen LogP contribution is 2.18. The lowest BCUT2D eigenvalue weighted by Gasteiger charge is -2.13. The van der Waals surface area contributed by atoms with Crippen LogP contribution in [0, 0.1) is 0 Å². The third-order valence-electron chi connectivity index (χ3n) is 2.75. The zero-order valence-electron chi connectivity index (χ0n) is 9.22. The van der Waals surface area contributed by atoms with E-state index >= 15 is 0 Å². The van der Waals surface area contributed by atoms with Crippen LogP contribution in [0.15, 0.2) is 24.3 Å². The first kappa shape index (κ1) is 11.0. The molecule has 1 aliphatic heterocycles. The number of nitrogens with zero attached hydrogens (tertiary/aromatic N) is 1. The molecule has 1 heterocycles. The van der Waals surface area contributed by atoms with Gasteiger partial charge < -0.3 is 14.7 Å². The maximum absolute atomic E-state index is 10.7. The largest absolute Gasteiger partial charge is 0.489 e. The Balaban J connectivity index is 1.97. The van der Waals surface area contributed by atoms with Crippen LogP contribution in [-0.4, -0.2) is 42.2 Å². The molecule has 1 aromatic carbocycles. The van der Waals surface area contributed by atoms with Gasteiger partial charge >= 0.3 is 5.97 Å². The van der Waals surface area contributed by atoms with E-state index in [0.29, 0.717) is 0 Å². The van der Waals surface area contributed by atoms with Gasteiger partial charge in [-0.1, -0.05) is 0 Å². The Bertz CT molecular complexity index is 374. The van der Waals surface area contributed by atoms with Gasteiger partial charge in [-0.25, -0.2) is 4.79 Å². The molecule has 0 radical (unpaired) electrons. The number of likely N-dealkylation sites (tertiary alicyclic amines) is 1. The van der Waals surface area contributed by atoms with Crippen molar-refractivity contribution in [3.05, 3.63) is 29.8 Å². The van der Waals surface area contributed by atoms with Gasteiger partial charge in [0.1, 0.15) is 11.9 Å². The number of rotatable bonds is 3. The molecular formula is C12H15NO3. The zero-order valence-corrected chi connectivity index (χ0v) is 9.22. The minimum Gasteiger partial charge on any atom is -0.489 e. The number of benzene rings is 1. The number of carboxylic acid groups (broad SMARTS) is 1. The molecule has 1 aromatic rings. The van der Waals surface area contributed by atoms with Crippen molar-refractivity contribution in [2.45, 2.75) is 12.5 Å². The van der Waals surface area contributed by atoms with Crippen LogP contribution in [0.4, 0.5) is 0 Å². The van der Waals surface area contributed by atoms with Crippen molar-refractivity contribution in [3.63, 3.8) is 0 Å². The summed E-state index contributed by atoms with van der Waals surface area (Å²) in [5.41, 5.74) is 0.288. The fourth-order valence-electron chi connectivity index (χ4n) is 1.86. The van der Waals surface area contributed by atoms with Crippen molar-refractivity contribution in [1.29, 1.82) is 0 Å². The third kappa shape index (κ3) is 2.52. The molecule has 1 fully saturated rings. The second-order valence-corrected chi connectivity index (χ2v) is 4.12. The molecule has 0 spiro atoms. The molecule has 1 unspecified atom stereocenters. The average molecular weight is 221 g/mol. The summed E-state index contributed by atoms with van der Waals surface area (Å²) in [4.78, 5) is 12.9. The number of hydrogen-bond donors (Lipinski definition) is 1. The predicted molar refractivity (Wildman–Crippen MR) is 59.9 cm³/mol. The summed E-state index contributed by atoms with van der Waals surface area (Å²) in [5.74, 6) is -0.169. The van der Waals surface area contributed by atoms with E-state index in [-0.39, 0.29) is 11.7 Å². The highest BCUT2D eigenvalue weighted by Gasteiger charge is 2.20. The van der Waals surface area contributed by atoms with Crippen LogP contribution < -0.4 is 4.74 Å². The molecule has 2 rings (SSSR count). The Morgan fingerprint density at radius 3 is 2.62 bits per heavy atom. The lowest BCUT2D eigenvalue weighted by atomic mass is 10.2. The molecule has 0 amide bonds. The van der Waals surface area contributed by atoms with Crippen LogP contribution >= 0.6 is 0 Å². The summed E-state index contributed by atoms with van der Waals surface area (Å²) in [6.45, 7) is 1.98. The Morgan fingerprint density at radius 1 is 1.44 bits per heavy atom. The summed E-state index contributed by atoms with van der Waals surface area (Å²) in [6.07, 6.45) is 1.25. The minimum absolute atomic E-state index is 0.223. The molecule has 0 saturated carbocycles. The van der Waals surface area contributed by atoms with Crippen molar-refractivity contribution < 1.29 is 14.6 Å². The van der Waals surface area contributed by atoms with Gasteiger partial charge in [-0.3, -0.25) is 0 Å². The van der Waals surface area contributed by atoms with Gasteiger partial charge in [0.25, 0.3) is 0 Å². The molecule has 1 N–H and O–H groups in total. The van der Waals surface area contributed by atoms with E-state index in [1.54, 1.807) is 24.3 Å². The number of ether oxygens (including phenoxy) is 1. The smallest absolute Gasteiger partial charge is 0.335 e. The molecular weight excluding hydrogens is 206 g/mol. The molecule has 1 saturated heterocycles. The summed E-state index contributed by atoms with van der Waals surface area (Å²) in [5, 5.41) is 8.75.